The number of fused-ring (bicyclic) bond motifs is 1. The zero-order chi connectivity index (χ0) is 9.97. The van der Waals surface area contributed by atoms with E-state index in [0.717, 1.165) is 28.6 Å². The molecule has 0 atom stereocenters. The second-order valence-corrected chi connectivity index (χ2v) is 4.05. The Morgan fingerprint density at radius 2 is 2.29 bits per heavy atom. The summed E-state index contributed by atoms with van der Waals surface area (Å²) in [5.74, 6) is 0.790. The number of ether oxygens (including phenoxy) is 1. The van der Waals surface area contributed by atoms with Gasteiger partial charge in [0.25, 0.3) is 0 Å². The van der Waals surface area contributed by atoms with Crippen LogP contribution >= 0.6 is 15.9 Å². The van der Waals surface area contributed by atoms with E-state index < -0.39 is 0 Å². The van der Waals surface area contributed by atoms with E-state index in [-0.39, 0.29) is 0 Å². The van der Waals surface area contributed by atoms with Gasteiger partial charge in [-0.1, -0.05) is 21.1 Å². The monoisotopic (exact) mass is 255 g/mol. The van der Waals surface area contributed by atoms with Crippen molar-refractivity contribution in [3.63, 3.8) is 0 Å². The number of halogens is 1. The van der Waals surface area contributed by atoms with Gasteiger partial charge in [-0.3, -0.25) is 0 Å². The molecule has 0 saturated carbocycles. The van der Waals surface area contributed by atoms with Gasteiger partial charge in [-0.2, -0.15) is 0 Å². The molecule has 14 heavy (non-hydrogen) atoms. The highest BCUT2D eigenvalue weighted by molar-refractivity contribution is 9.10. The number of benzene rings is 1. The van der Waals surface area contributed by atoms with Gasteiger partial charge in [-0.15, -0.1) is 0 Å². The average molecular weight is 256 g/mol. The molecule has 74 valence electrons. The van der Waals surface area contributed by atoms with Crippen molar-refractivity contribution in [2.24, 2.45) is 5.16 Å². The van der Waals surface area contributed by atoms with Gasteiger partial charge in [0.2, 0.25) is 0 Å². The molecule has 0 aliphatic carbocycles. The van der Waals surface area contributed by atoms with Crippen LogP contribution in [0, 0.1) is 0 Å². The van der Waals surface area contributed by atoms with Gasteiger partial charge >= 0.3 is 0 Å². The van der Waals surface area contributed by atoms with Crippen molar-refractivity contribution in [1.82, 2.24) is 0 Å². The smallest absolute Gasteiger partial charge is 0.128 e. The van der Waals surface area contributed by atoms with E-state index in [0.29, 0.717) is 12.3 Å². The Morgan fingerprint density at radius 1 is 1.43 bits per heavy atom. The minimum Gasteiger partial charge on any atom is -0.493 e. The summed E-state index contributed by atoms with van der Waals surface area (Å²) in [5.41, 5.74) is 1.57. The molecule has 1 heterocycles. The van der Waals surface area contributed by atoms with Gasteiger partial charge < -0.3 is 9.94 Å². The third kappa shape index (κ3) is 1.75. The number of nitrogens with zero attached hydrogens (tertiary/aromatic N) is 1. The predicted octanol–water partition coefficient (Wildman–Crippen LogP) is 2.80. The third-order valence-electron chi connectivity index (χ3n) is 2.19. The molecule has 0 saturated heterocycles. The quantitative estimate of drug-likeness (QED) is 0.572. The first kappa shape index (κ1) is 9.52. The first-order valence-electron chi connectivity index (χ1n) is 4.45. The SMILES string of the molecule is O/N=C1/CCCOc2ccc(Br)cc21. The van der Waals surface area contributed by atoms with E-state index in [4.69, 9.17) is 9.94 Å². The van der Waals surface area contributed by atoms with Crippen LogP contribution in [0.15, 0.2) is 27.8 Å². The summed E-state index contributed by atoms with van der Waals surface area (Å²) in [6.07, 6.45) is 1.63. The minimum absolute atomic E-state index is 0.674. The van der Waals surface area contributed by atoms with Crippen molar-refractivity contribution in [2.75, 3.05) is 6.61 Å². The van der Waals surface area contributed by atoms with Crippen molar-refractivity contribution in [3.05, 3.63) is 28.2 Å². The Bertz CT molecular complexity index is 376. The lowest BCUT2D eigenvalue weighted by atomic mass is 10.1. The number of hydrogen-bond donors (Lipinski definition) is 1. The summed E-state index contributed by atoms with van der Waals surface area (Å²) >= 11 is 3.38. The first-order chi connectivity index (χ1) is 6.81. The number of rotatable bonds is 0. The molecule has 0 radical (unpaired) electrons. The van der Waals surface area contributed by atoms with Crippen LogP contribution in [-0.2, 0) is 0 Å². The van der Waals surface area contributed by atoms with Gasteiger partial charge in [0.05, 0.1) is 12.3 Å². The minimum atomic E-state index is 0.674. The van der Waals surface area contributed by atoms with E-state index in [9.17, 15) is 0 Å². The van der Waals surface area contributed by atoms with E-state index in [1.54, 1.807) is 0 Å². The lowest BCUT2D eigenvalue weighted by Gasteiger charge is -2.06. The zero-order valence-electron chi connectivity index (χ0n) is 7.53. The van der Waals surface area contributed by atoms with E-state index in [1.807, 2.05) is 18.2 Å². The molecule has 0 amide bonds. The fourth-order valence-electron chi connectivity index (χ4n) is 1.51. The molecule has 2 rings (SSSR count). The Hall–Kier alpha value is -1.03. The molecular formula is C10H10BrNO2. The number of oxime groups is 1. The van der Waals surface area contributed by atoms with Crippen LogP contribution in [0.25, 0.3) is 0 Å². The van der Waals surface area contributed by atoms with Crippen molar-refractivity contribution < 1.29 is 9.94 Å². The maximum Gasteiger partial charge on any atom is 0.128 e. The van der Waals surface area contributed by atoms with Crippen LogP contribution in [0.4, 0.5) is 0 Å². The maximum atomic E-state index is 8.87. The van der Waals surface area contributed by atoms with Crippen LogP contribution in [0.3, 0.4) is 0 Å². The molecule has 0 aromatic heterocycles. The topological polar surface area (TPSA) is 41.8 Å². The van der Waals surface area contributed by atoms with Crippen molar-refractivity contribution in [3.8, 4) is 5.75 Å². The summed E-state index contributed by atoms with van der Waals surface area (Å²) < 4.78 is 6.48. The average Bonchev–Trinajstić information content (AvgIpc) is 2.39. The van der Waals surface area contributed by atoms with Crippen LogP contribution in [0.1, 0.15) is 18.4 Å². The largest absolute Gasteiger partial charge is 0.493 e. The standard InChI is InChI=1S/C10H10BrNO2/c11-7-3-4-10-8(6-7)9(12-13)2-1-5-14-10/h3-4,6,13H,1-2,5H2/b12-9-. The first-order valence-corrected chi connectivity index (χ1v) is 5.24. The lowest BCUT2D eigenvalue weighted by molar-refractivity contribution is 0.314. The maximum absolute atomic E-state index is 8.87. The van der Waals surface area contributed by atoms with Gasteiger partial charge in [-0.25, -0.2) is 0 Å². The lowest BCUT2D eigenvalue weighted by Crippen LogP contribution is -1.99. The highest BCUT2D eigenvalue weighted by Gasteiger charge is 2.15. The third-order valence-corrected chi connectivity index (χ3v) is 2.68. The van der Waals surface area contributed by atoms with E-state index in [2.05, 4.69) is 21.1 Å². The molecule has 3 nitrogen and oxygen atoms in total. The Kier molecular flexibility index (Phi) is 2.72. The van der Waals surface area contributed by atoms with Crippen molar-refractivity contribution >= 4 is 21.6 Å². The van der Waals surface area contributed by atoms with Crippen LogP contribution < -0.4 is 4.74 Å². The fraction of sp³-hybridized carbons (Fsp3) is 0.300. The van der Waals surface area contributed by atoms with Gasteiger partial charge in [0.15, 0.2) is 0 Å². The van der Waals surface area contributed by atoms with E-state index >= 15 is 0 Å². The molecule has 1 aliphatic rings. The van der Waals surface area contributed by atoms with E-state index in [1.165, 1.54) is 0 Å². The zero-order valence-corrected chi connectivity index (χ0v) is 9.12. The van der Waals surface area contributed by atoms with Crippen LogP contribution in [0.2, 0.25) is 0 Å². The second-order valence-electron chi connectivity index (χ2n) is 3.14. The second kappa shape index (κ2) is 4.00. The molecule has 0 fully saturated rings. The van der Waals surface area contributed by atoms with Crippen LogP contribution in [-0.4, -0.2) is 17.5 Å². The summed E-state index contributed by atoms with van der Waals surface area (Å²) in [6.45, 7) is 0.674. The van der Waals surface area contributed by atoms with Gasteiger partial charge in [-0.05, 0) is 31.0 Å². The molecule has 0 bridgehead atoms. The Balaban J connectivity index is 2.51. The molecule has 1 N–H and O–H groups in total. The highest BCUT2D eigenvalue weighted by atomic mass is 79.9. The molecule has 4 heteroatoms. The molecule has 1 aromatic carbocycles. The Labute approximate surface area is 90.5 Å². The Morgan fingerprint density at radius 3 is 3.07 bits per heavy atom. The molecular weight excluding hydrogens is 246 g/mol. The fourth-order valence-corrected chi connectivity index (χ4v) is 1.87. The molecule has 0 spiro atoms. The molecule has 0 unspecified atom stereocenters. The molecule has 1 aliphatic heterocycles. The number of hydrogen-bond acceptors (Lipinski definition) is 3. The van der Waals surface area contributed by atoms with Gasteiger partial charge in [0.1, 0.15) is 5.75 Å². The summed E-state index contributed by atoms with van der Waals surface area (Å²) in [6, 6.07) is 5.71. The summed E-state index contributed by atoms with van der Waals surface area (Å²) in [4.78, 5) is 0. The van der Waals surface area contributed by atoms with Crippen molar-refractivity contribution in [1.29, 1.82) is 0 Å². The van der Waals surface area contributed by atoms with Crippen molar-refractivity contribution in [2.45, 2.75) is 12.8 Å². The summed E-state index contributed by atoms with van der Waals surface area (Å²) in [5, 5.41) is 12.2. The normalized spacial score (nSPS) is 18.5. The van der Waals surface area contributed by atoms with Gasteiger partial charge in [0, 0.05) is 10.0 Å². The van der Waals surface area contributed by atoms with Crippen LogP contribution in [0.5, 0.6) is 5.75 Å². The predicted molar refractivity (Wildman–Crippen MR) is 57.2 cm³/mol. The summed E-state index contributed by atoms with van der Waals surface area (Å²) in [7, 11) is 0. The highest BCUT2D eigenvalue weighted by Crippen LogP contribution is 2.27. The molecule has 1 aromatic rings.